The third kappa shape index (κ3) is 12.9. The van der Waals surface area contributed by atoms with Crippen LogP contribution in [0.25, 0.3) is 0 Å². The molecule has 0 spiro atoms. The van der Waals surface area contributed by atoms with E-state index < -0.39 is 5.97 Å². The zero-order valence-corrected chi connectivity index (χ0v) is 24.9. The number of hydrogen-bond acceptors (Lipinski definition) is 7. The number of hydrogen-bond donors (Lipinski definition) is 0. The van der Waals surface area contributed by atoms with Gasteiger partial charge in [0.1, 0.15) is 17.6 Å². The molecule has 7 heteroatoms. The molecule has 7 nitrogen and oxygen atoms in total. The summed E-state index contributed by atoms with van der Waals surface area (Å²) in [5.74, 6) is -0.0374. The molecular weight excluding hydrogens is 532 g/mol. The molecule has 0 heterocycles. The third-order valence-electron chi connectivity index (χ3n) is 7.43. The summed E-state index contributed by atoms with van der Waals surface area (Å²) in [7, 11) is 0. The molecule has 1 fully saturated rings. The van der Waals surface area contributed by atoms with Gasteiger partial charge in [0.2, 0.25) is 0 Å². The van der Waals surface area contributed by atoms with E-state index in [4.69, 9.17) is 18.9 Å². The Labute approximate surface area is 250 Å². The van der Waals surface area contributed by atoms with Crippen LogP contribution >= 0.6 is 0 Å². The van der Waals surface area contributed by atoms with Gasteiger partial charge < -0.3 is 18.9 Å². The van der Waals surface area contributed by atoms with E-state index in [0.29, 0.717) is 30.1 Å². The molecule has 0 N–H and O–H groups in total. The average molecular weight is 579 g/mol. The summed E-state index contributed by atoms with van der Waals surface area (Å²) >= 11 is 0. The second-order valence-electron chi connectivity index (χ2n) is 10.9. The van der Waals surface area contributed by atoms with E-state index in [1.807, 2.05) is 0 Å². The van der Waals surface area contributed by atoms with Crippen molar-refractivity contribution in [3.05, 3.63) is 72.3 Å². The van der Waals surface area contributed by atoms with Crippen molar-refractivity contribution >= 4 is 17.9 Å². The van der Waals surface area contributed by atoms with E-state index in [-0.39, 0.29) is 18.0 Å². The molecule has 1 aliphatic rings. The molecule has 0 radical (unpaired) electrons. The Hall–Kier alpha value is -3.61. The number of carbonyl (C=O) groups excluding carboxylic acids is 3. The minimum absolute atomic E-state index is 0.00241. The van der Waals surface area contributed by atoms with Gasteiger partial charge in [0.15, 0.2) is 0 Å². The van der Waals surface area contributed by atoms with Crippen LogP contribution in [0.2, 0.25) is 0 Å². The molecule has 2 aromatic carbocycles. The summed E-state index contributed by atoms with van der Waals surface area (Å²) in [5, 5.41) is 0. The number of rotatable bonds is 19. The normalized spacial score (nSPS) is 13.2. The van der Waals surface area contributed by atoms with Crippen molar-refractivity contribution in [3.8, 4) is 11.5 Å². The van der Waals surface area contributed by atoms with Crippen molar-refractivity contribution in [3.63, 3.8) is 0 Å². The first kappa shape index (κ1) is 32.9. The maximum atomic E-state index is 12.6. The monoisotopic (exact) mass is 578 g/mol. The maximum absolute atomic E-state index is 12.6. The van der Waals surface area contributed by atoms with Crippen molar-refractivity contribution in [1.29, 1.82) is 0 Å². The number of benzene rings is 2. The summed E-state index contributed by atoms with van der Waals surface area (Å²) in [6.45, 7) is 4.52. The van der Waals surface area contributed by atoms with E-state index in [0.717, 1.165) is 57.1 Å². The summed E-state index contributed by atoms with van der Waals surface area (Å²) in [6.07, 6.45) is 18.0. The van der Waals surface area contributed by atoms with Crippen molar-refractivity contribution in [2.45, 2.75) is 102 Å². The summed E-state index contributed by atoms with van der Waals surface area (Å²) < 4.78 is 21.9. The van der Waals surface area contributed by atoms with E-state index in [1.54, 1.807) is 48.5 Å². The lowest BCUT2D eigenvalue weighted by atomic mass is 9.98. The van der Waals surface area contributed by atoms with Crippen LogP contribution in [-0.2, 0) is 14.3 Å². The summed E-state index contributed by atoms with van der Waals surface area (Å²) in [5.41, 5.74) is 0.884. The largest absolute Gasteiger partial charge is 0.494 e. The predicted octanol–water partition coefficient (Wildman–Crippen LogP) is 8.40. The zero-order valence-electron chi connectivity index (χ0n) is 24.9. The molecule has 0 bridgehead atoms. The summed E-state index contributed by atoms with van der Waals surface area (Å²) in [6, 6.07) is 13.4. The second kappa shape index (κ2) is 19.5. The molecule has 0 aliphatic heterocycles. The standard InChI is InChI=1S/C35H46O7/c1-2-33(36)40-27-15-10-8-6-4-3-5-7-9-14-26-39-30-22-18-28(19-23-30)35(38)42-32-24-20-29(21-25-32)34(37)41-31-16-12-11-13-17-31/h2,18-25,31H,1,3-17,26-27H2. The maximum Gasteiger partial charge on any atom is 0.343 e. The van der Waals surface area contributed by atoms with Crippen molar-refractivity contribution in [2.24, 2.45) is 0 Å². The summed E-state index contributed by atoms with van der Waals surface area (Å²) in [4.78, 5) is 35.9. The number of unbranched alkanes of at least 4 members (excludes halogenated alkanes) is 9. The van der Waals surface area contributed by atoms with Crippen LogP contribution in [0.3, 0.4) is 0 Å². The SMILES string of the molecule is C=CC(=O)OCCCCCCCCCCCCOc1ccc(C(=O)Oc2ccc(C(=O)OC3CCCCC3)cc2)cc1. The van der Waals surface area contributed by atoms with Gasteiger partial charge in [-0.2, -0.15) is 0 Å². The first-order valence-corrected chi connectivity index (χ1v) is 15.6. The molecule has 0 saturated heterocycles. The van der Waals surface area contributed by atoms with Gasteiger partial charge in [0.05, 0.1) is 24.3 Å². The molecule has 0 atom stereocenters. The highest BCUT2D eigenvalue weighted by Crippen LogP contribution is 2.22. The van der Waals surface area contributed by atoms with Gasteiger partial charge in [0.25, 0.3) is 0 Å². The van der Waals surface area contributed by atoms with Crippen LogP contribution in [0.4, 0.5) is 0 Å². The molecule has 1 saturated carbocycles. The van der Waals surface area contributed by atoms with Gasteiger partial charge in [-0.25, -0.2) is 14.4 Å². The van der Waals surface area contributed by atoms with E-state index >= 15 is 0 Å². The Morgan fingerprint density at radius 3 is 1.71 bits per heavy atom. The van der Waals surface area contributed by atoms with Gasteiger partial charge >= 0.3 is 17.9 Å². The van der Waals surface area contributed by atoms with Crippen LogP contribution in [-0.4, -0.2) is 37.2 Å². The number of esters is 3. The Morgan fingerprint density at radius 2 is 1.14 bits per heavy atom. The molecule has 2 aromatic rings. The fourth-order valence-corrected chi connectivity index (χ4v) is 4.95. The van der Waals surface area contributed by atoms with Gasteiger partial charge in [-0.1, -0.05) is 64.4 Å². The molecule has 3 rings (SSSR count). The van der Waals surface area contributed by atoms with Gasteiger partial charge in [0, 0.05) is 6.08 Å². The smallest absolute Gasteiger partial charge is 0.343 e. The Bertz CT molecular complexity index is 1090. The van der Waals surface area contributed by atoms with Crippen LogP contribution in [0.15, 0.2) is 61.2 Å². The van der Waals surface area contributed by atoms with Crippen molar-refractivity contribution in [1.82, 2.24) is 0 Å². The van der Waals surface area contributed by atoms with E-state index in [2.05, 4.69) is 6.58 Å². The van der Waals surface area contributed by atoms with Crippen LogP contribution in [0, 0.1) is 0 Å². The topological polar surface area (TPSA) is 88.1 Å². The van der Waals surface area contributed by atoms with Gasteiger partial charge in [-0.3, -0.25) is 0 Å². The number of ether oxygens (including phenoxy) is 4. The molecule has 0 unspecified atom stereocenters. The minimum atomic E-state index is -0.465. The molecule has 0 amide bonds. The lowest BCUT2D eigenvalue weighted by Gasteiger charge is -2.21. The van der Waals surface area contributed by atoms with E-state index in [1.165, 1.54) is 51.0 Å². The lowest BCUT2D eigenvalue weighted by Crippen LogP contribution is -2.20. The fourth-order valence-electron chi connectivity index (χ4n) is 4.95. The highest BCUT2D eigenvalue weighted by molar-refractivity contribution is 5.92. The molecule has 228 valence electrons. The molecule has 0 aromatic heterocycles. The minimum Gasteiger partial charge on any atom is -0.494 e. The lowest BCUT2D eigenvalue weighted by molar-refractivity contribution is -0.137. The first-order valence-electron chi connectivity index (χ1n) is 15.6. The predicted molar refractivity (Wildman–Crippen MR) is 163 cm³/mol. The third-order valence-corrected chi connectivity index (χ3v) is 7.43. The Morgan fingerprint density at radius 1 is 0.643 bits per heavy atom. The van der Waals surface area contributed by atoms with E-state index in [9.17, 15) is 14.4 Å². The molecule has 1 aliphatic carbocycles. The van der Waals surface area contributed by atoms with Gasteiger partial charge in [-0.15, -0.1) is 0 Å². The zero-order chi connectivity index (χ0) is 29.8. The molecular formula is C35H46O7. The average Bonchev–Trinajstić information content (AvgIpc) is 3.02. The second-order valence-corrected chi connectivity index (χ2v) is 10.9. The molecule has 42 heavy (non-hydrogen) atoms. The van der Waals surface area contributed by atoms with Crippen molar-refractivity contribution in [2.75, 3.05) is 13.2 Å². The van der Waals surface area contributed by atoms with Crippen LogP contribution in [0.1, 0.15) is 117 Å². The van der Waals surface area contributed by atoms with Crippen LogP contribution < -0.4 is 9.47 Å². The quantitative estimate of drug-likeness (QED) is 0.0716. The highest BCUT2D eigenvalue weighted by Gasteiger charge is 2.19. The van der Waals surface area contributed by atoms with Gasteiger partial charge in [-0.05, 0) is 87.1 Å². The highest BCUT2D eigenvalue weighted by atomic mass is 16.5. The fraction of sp³-hybridized carbons (Fsp3) is 0.514. The Kier molecular flexibility index (Phi) is 15.3. The number of carbonyl (C=O) groups is 3. The Balaban J connectivity index is 1.21. The van der Waals surface area contributed by atoms with Crippen molar-refractivity contribution < 1.29 is 33.3 Å². The first-order chi connectivity index (χ1) is 20.5. The van der Waals surface area contributed by atoms with Crippen LogP contribution in [0.5, 0.6) is 11.5 Å².